The number of rotatable bonds is 6. The summed E-state index contributed by atoms with van der Waals surface area (Å²) >= 11 is 1.32. The molecule has 28 heavy (non-hydrogen) atoms. The van der Waals surface area contributed by atoms with E-state index < -0.39 is 12.1 Å². The minimum absolute atomic E-state index is 0.0979. The Kier molecular flexibility index (Phi) is 6.46. The van der Waals surface area contributed by atoms with Crippen molar-refractivity contribution in [3.8, 4) is 11.5 Å². The second-order valence-corrected chi connectivity index (χ2v) is 7.53. The second kappa shape index (κ2) is 9.01. The molecule has 7 heteroatoms. The number of hydrogen-bond acceptors (Lipinski definition) is 6. The Morgan fingerprint density at radius 2 is 1.79 bits per heavy atom. The average Bonchev–Trinajstić information content (AvgIpc) is 2.69. The molecule has 0 bridgehead atoms. The van der Waals surface area contributed by atoms with Gasteiger partial charge in [0, 0.05) is 10.6 Å². The lowest BCUT2D eigenvalue weighted by Gasteiger charge is -2.18. The highest BCUT2D eigenvalue weighted by atomic mass is 32.2. The van der Waals surface area contributed by atoms with Crippen molar-refractivity contribution in [2.24, 2.45) is 0 Å². The van der Waals surface area contributed by atoms with Gasteiger partial charge in [-0.25, -0.2) is 0 Å². The van der Waals surface area contributed by atoms with E-state index in [4.69, 9.17) is 14.2 Å². The number of fused-ring (bicyclic) bond motifs is 1. The molecule has 0 fully saturated rings. The summed E-state index contributed by atoms with van der Waals surface area (Å²) < 4.78 is 16.3. The van der Waals surface area contributed by atoms with E-state index >= 15 is 0 Å². The first kappa shape index (κ1) is 20.1. The number of esters is 1. The van der Waals surface area contributed by atoms with Gasteiger partial charge in [0.05, 0.1) is 5.75 Å². The van der Waals surface area contributed by atoms with E-state index in [1.165, 1.54) is 11.8 Å². The molecule has 0 aliphatic carbocycles. The molecule has 1 heterocycles. The lowest BCUT2D eigenvalue weighted by Crippen LogP contribution is -2.31. The maximum absolute atomic E-state index is 12.4. The first-order valence-electron chi connectivity index (χ1n) is 9.03. The van der Waals surface area contributed by atoms with Crippen LogP contribution in [0.25, 0.3) is 0 Å². The molecule has 2 aromatic rings. The fourth-order valence-electron chi connectivity index (χ4n) is 2.78. The van der Waals surface area contributed by atoms with Gasteiger partial charge in [-0.1, -0.05) is 18.2 Å². The van der Waals surface area contributed by atoms with Gasteiger partial charge in [-0.05, 0) is 50.1 Å². The summed E-state index contributed by atoms with van der Waals surface area (Å²) in [6, 6.07) is 11.3. The Hall–Kier alpha value is -2.67. The van der Waals surface area contributed by atoms with Crippen LogP contribution < -0.4 is 14.8 Å². The number of para-hydroxylation sites is 1. The number of carbonyl (C=O) groups excluding carboxylic acids is 2. The van der Waals surface area contributed by atoms with Crippen molar-refractivity contribution in [3.05, 3.63) is 47.5 Å². The smallest absolute Gasteiger partial charge is 0.317 e. The third-order valence-corrected chi connectivity index (χ3v) is 5.24. The third-order valence-electron chi connectivity index (χ3n) is 4.28. The predicted molar refractivity (Wildman–Crippen MR) is 108 cm³/mol. The number of benzene rings is 2. The standard InChI is InChI=1S/C21H23NO5S/c1-13-5-4-6-14(2)20(13)22-21(24)15(3)27-19(23)12-28-16-7-8-17-18(11-16)26-10-9-25-17/h4-8,11,15H,9-10,12H2,1-3H3,(H,22,24)/t15-/m0/s1. The van der Waals surface area contributed by atoms with Crippen LogP contribution in [-0.2, 0) is 14.3 Å². The van der Waals surface area contributed by atoms with E-state index in [0.29, 0.717) is 24.7 Å². The maximum atomic E-state index is 12.4. The Balaban J connectivity index is 1.51. The number of carbonyl (C=O) groups is 2. The normalized spacial score (nSPS) is 13.5. The zero-order valence-corrected chi connectivity index (χ0v) is 16.9. The number of aryl methyl sites for hydroxylation is 2. The molecule has 3 rings (SSSR count). The summed E-state index contributed by atoms with van der Waals surface area (Å²) in [7, 11) is 0. The van der Waals surface area contributed by atoms with Gasteiger partial charge in [-0.3, -0.25) is 9.59 Å². The molecule has 1 atom stereocenters. The molecule has 148 valence electrons. The number of amides is 1. The van der Waals surface area contributed by atoms with Gasteiger partial charge in [0.1, 0.15) is 13.2 Å². The highest BCUT2D eigenvalue weighted by molar-refractivity contribution is 8.00. The Labute approximate surface area is 168 Å². The zero-order valence-electron chi connectivity index (χ0n) is 16.1. The zero-order chi connectivity index (χ0) is 20.1. The molecule has 1 amide bonds. The van der Waals surface area contributed by atoms with Crippen molar-refractivity contribution < 1.29 is 23.8 Å². The van der Waals surface area contributed by atoms with Crippen LogP contribution in [0.4, 0.5) is 5.69 Å². The van der Waals surface area contributed by atoms with Crippen LogP contribution in [-0.4, -0.2) is 36.9 Å². The van der Waals surface area contributed by atoms with E-state index in [1.807, 2.05) is 50.2 Å². The van der Waals surface area contributed by atoms with Gasteiger partial charge in [-0.2, -0.15) is 0 Å². The topological polar surface area (TPSA) is 73.9 Å². The number of nitrogens with one attached hydrogen (secondary N) is 1. The highest BCUT2D eigenvalue weighted by Gasteiger charge is 2.20. The van der Waals surface area contributed by atoms with Crippen molar-refractivity contribution in [3.63, 3.8) is 0 Å². The first-order chi connectivity index (χ1) is 13.4. The molecule has 6 nitrogen and oxygen atoms in total. The Morgan fingerprint density at radius 3 is 2.50 bits per heavy atom. The van der Waals surface area contributed by atoms with Gasteiger partial charge in [-0.15, -0.1) is 11.8 Å². The molecule has 0 aromatic heterocycles. The summed E-state index contributed by atoms with van der Waals surface area (Å²) in [5.74, 6) is 0.667. The number of ether oxygens (including phenoxy) is 3. The quantitative estimate of drug-likeness (QED) is 0.587. The lowest BCUT2D eigenvalue weighted by atomic mass is 10.1. The van der Waals surface area contributed by atoms with Crippen LogP contribution in [0.2, 0.25) is 0 Å². The van der Waals surface area contributed by atoms with Crippen LogP contribution >= 0.6 is 11.8 Å². The fraction of sp³-hybridized carbons (Fsp3) is 0.333. The van der Waals surface area contributed by atoms with Crippen LogP contribution in [0.15, 0.2) is 41.3 Å². The van der Waals surface area contributed by atoms with Gasteiger partial charge >= 0.3 is 5.97 Å². The molecule has 0 unspecified atom stereocenters. The summed E-state index contributed by atoms with van der Waals surface area (Å²) in [5, 5.41) is 2.84. The first-order valence-corrected chi connectivity index (χ1v) is 10.0. The number of hydrogen-bond donors (Lipinski definition) is 1. The van der Waals surface area contributed by atoms with Gasteiger partial charge in [0.2, 0.25) is 0 Å². The van der Waals surface area contributed by atoms with E-state index in [1.54, 1.807) is 6.92 Å². The molecule has 0 spiro atoms. The monoisotopic (exact) mass is 401 g/mol. The van der Waals surface area contributed by atoms with Crippen LogP contribution in [0.3, 0.4) is 0 Å². The molecule has 1 aliphatic heterocycles. The molecule has 1 aliphatic rings. The van der Waals surface area contributed by atoms with E-state index in [-0.39, 0.29) is 11.7 Å². The predicted octanol–water partition coefficient (Wildman–Crippen LogP) is 3.74. The number of thioether (sulfide) groups is 1. The van der Waals surface area contributed by atoms with Gasteiger partial charge in [0.25, 0.3) is 5.91 Å². The van der Waals surface area contributed by atoms with Crippen molar-refractivity contribution in [2.75, 3.05) is 24.3 Å². The Bertz CT molecular complexity index is 863. The molecule has 2 aromatic carbocycles. The summed E-state index contributed by atoms with van der Waals surface area (Å²) in [5.41, 5.74) is 2.67. The molecule has 1 N–H and O–H groups in total. The van der Waals surface area contributed by atoms with Crippen molar-refractivity contribution >= 4 is 29.3 Å². The minimum atomic E-state index is -0.882. The molecular formula is C21H23NO5S. The van der Waals surface area contributed by atoms with Crippen molar-refractivity contribution in [1.82, 2.24) is 0 Å². The molecule has 0 radical (unpaired) electrons. The minimum Gasteiger partial charge on any atom is -0.486 e. The molecule has 0 saturated heterocycles. The van der Waals surface area contributed by atoms with Crippen molar-refractivity contribution in [2.45, 2.75) is 31.8 Å². The largest absolute Gasteiger partial charge is 0.486 e. The Morgan fingerprint density at radius 1 is 1.11 bits per heavy atom. The van der Waals surface area contributed by atoms with Crippen LogP contribution in [0, 0.1) is 13.8 Å². The highest BCUT2D eigenvalue weighted by Crippen LogP contribution is 2.34. The van der Waals surface area contributed by atoms with Gasteiger partial charge < -0.3 is 19.5 Å². The SMILES string of the molecule is Cc1cccc(C)c1NC(=O)[C@H](C)OC(=O)CSc1ccc2c(c1)OCCO2. The summed E-state index contributed by atoms with van der Waals surface area (Å²) in [6.07, 6.45) is -0.882. The van der Waals surface area contributed by atoms with E-state index in [0.717, 1.165) is 21.7 Å². The van der Waals surface area contributed by atoms with Crippen LogP contribution in [0.5, 0.6) is 11.5 Å². The second-order valence-electron chi connectivity index (χ2n) is 6.48. The average molecular weight is 401 g/mol. The fourth-order valence-corrected chi connectivity index (χ4v) is 3.48. The number of anilines is 1. The van der Waals surface area contributed by atoms with Crippen LogP contribution in [0.1, 0.15) is 18.1 Å². The maximum Gasteiger partial charge on any atom is 0.317 e. The van der Waals surface area contributed by atoms with E-state index in [2.05, 4.69) is 5.32 Å². The summed E-state index contributed by atoms with van der Waals surface area (Å²) in [6.45, 7) is 6.45. The van der Waals surface area contributed by atoms with Gasteiger partial charge in [0.15, 0.2) is 17.6 Å². The van der Waals surface area contributed by atoms with Crippen molar-refractivity contribution in [1.29, 1.82) is 0 Å². The molecular weight excluding hydrogens is 378 g/mol. The van der Waals surface area contributed by atoms with E-state index in [9.17, 15) is 9.59 Å². The summed E-state index contributed by atoms with van der Waals surface area (Å²) in [4.78, 5) is 25.4. The molecule has 0 saturated carbocycles. The lowest BCUT2D eigenvalue weighted by molar-refractivity contribution is -0.150. The third kappa shape index (κ3) is 4.98.